The maximum absolute atomic E-state index is 13.3. The fraction of sp³-hybridized carbons (Fsp3) is 0.360. The van der Waals surface area contributed by atoms with E-state index in [4.69, 9.17) is 11.6 Å². The lowest BCUT2D eigenvalue weighted by Gasteiger charge is -2.32. The maximum Gasteiger partial charge on any atom is 0.255 e. The van der Waals surface area contributed by atoms with E-state index in [0.717, 1.165) is 48.9 Å². The van der Waals surface area contributed by atoms with Crippen LogP contribution in [0.3, 0.4) is 0 Å². The fourth-order valence-electron chi connectivity index (χ4n) is 4.22. The summed E-state index contributed by atoms with van der Waals surface area (Å²) in [4.78, 5) is 15.5. The van der Waals surface area contributed by atoms with E-state index in [1.54, 1.807) is 23.0 Å². The summed E-state index contributed by atoms with van der Waals surface area (Å²) in [7, 11) is 0. The minimum Gasteiger partial charge on any atom is -0.349 e. The first-order valence-electron chi connectivity index (χ1n) is 11.0. The van der Waals surface area contributed by atoms with Crippen molar-refractivity contribution in [3.63, 3.8) is 0 Å². The summed E-state index contributed by atoms with van der Waals surface area (Å²) in [6.45, 7) is 6.81. The molecule has 3 aromatic rings. The molecule has 32 heavy (non-hydrogen) atoms. The van der Waals surface area contributed by atoms with Gasteiger partial charge in [0.1, 0.15) is 5.82 Å². The number of hydrogen-bond acceptors (Lipinski definition) is 3. The van der Waals surface area contributed by atoms with Crippen molar-refractivity contribution in [1.29, 1.82) is 0 Å². The highest BCUT2D eigenvalue weighted by Gasteiger charge is 2.25. The van der Waals surface area contributed by atoms with Crippen molar-refractivity contribution >= 4 is 17.5 Å². The molecule has 7 heteroatoms. The zero-order valence-corrected chi connectivity index (χ0v) is 19.1. The van der Waals surface area contributed by atoms with Crippen LogP contribution in [-0.4, -0.2) is 39.7 Å². The third kappa shape index (κ3) is 5.19. The van der Waals surface area contributed by atoms with Crippen molar-refractivity contribution in [3.05, 3.63) is 82.4 Å². The number of rotatable bonds is 6. The van der Waals surface area contributed by atoms with E-state index < -0.39 is 0 Å². The Bertz CT molecular complexity index is 1050. The lowest BCUT2D eigenvalue weighted by atomic mass is 10.0. The van der Waals surface area contributed by atoms with Gasteiger partial charge in [-0.05, 0) is 60.7 Å². The second kappa shape index (κ2) is 9.84. The largest absolute Gasteiger partial charge is 0.349 e. The number of carbonyl (C=O) groups excluding carboxylic acids is 1. The number of hydrogen-bond donors (Lipinski definition) is 1. The predicted octanol–water partition coefficient (Wildman–Crippen LogP) is 5.18. The number of halogens is 2. The van der Waals surface area contributed by atoms with E-state index in [-0.39, 0.29) is 23.7 Å². The number of benzene rings is 2. The van der Waals surface area contributed by atoms with Gasteiger partial charge >= 0.3 is 0 Å². The van der Waals surface area contributed by atoms with Crippen molar-refractivity contribution < 1.29 is 9.18 Å². The number of amides is 1. The van der Waals surface area contributed by atoms with Crippen LogP contribution in [0.25, 0.3) is 5.69 Å². The fourth-order valence-corrected chi connectivity index (χ4v) is 4.35. The normalized spacial score (nSPS) is 15.3. The standard InChI is InChI=1S/C25H28ClFN4O/c1-17(2)24-23(15-28-31(24)22-9-7-20(27)8-10-22)25(32)29-21-11-13-30(14-12-21)16-18-3-5-19(26)6-4-18/h3-10,15,17,21H,11-14,16H2,1-2H3,(H,29,32). The monoisotopic (exact) mass is 454 g/mol. The minimum atomic E-state index is -0.299. The zero-order chi connectivity index (χ0) is 22.7. The van der Waals surface area contributed by atoms with Crippen LogP contribution >= 0.6 is 11.6 Å². The first-order valence-corrected chi connectivity index (χ1v) is 11.4. The molecule has 0 radical (unpaired) electrons. The maximum atomic E-state index is 13.3. The Hall–Kier alpha value is -2.70. The summed E-state index contributed by atoms with van der Waals surface area (Å²) in [5.41, 5.74) is 3.39. The van der Waals surface area contributed by atoms with Gasteiger partial charge < -0.3 is 5.32 Å². The van der Waals surface area contributed by atoms with E-state index in [0.29, 0.717) is 5.56 Å². The third-order valence-electron chi connectivity index (χ3n) is 5.91. The average Bonchev–Trinajstić information content (AvgIpc) is 3.23. The van der Waals surface area contributed by atoms with Crippen LogP contribution < -0.4 is 5.32 Å². The molecule has 0 aliphatic carbocycles. The van der Waals surface area contributed by atoms with Gasteiger partial charge in [0.05, 0.1) is 23.1 Å². The second-order valence-electron chi connectivity index (χ2n) is 8.64. The highest BCUT2D eigenvalue weighted by molar-refractivity contribution is 6.30. The lowest BCUT2D eigenvalue weighted by molar-refractivity contribution is 0.0907. The van der Waals surface area contributed by atoms with Gasteiger partial charge in [0.15, 0.2) is 0 Å². The molecule has 1 fully saturated rings. The number of aromatic nitrogens is 2. The molecule has 168 valence electrons. The van der Waals surface area contributed by atoms with Gasteiger partial charge in [0.2, 0.25) is 0 Å². The second-order valence-corrected chi connectivity index (χ2v) is 9.07. The third-order valence-corrected chi connectivity index (χ3v) is 6.16. The van der Waals surface area contributed by atoms with E-state index in [1.807, 2.05) is 26.0 Å². The molecule has 1 aliphatic rings. The first-order chi connectivity index (χ1) is 15.4. The Morgan fingerprint density at radius 3 is 2.41 bits per heavy atom. The van der Waals surface area contributed by atoms with Crippen LogP contribution in [-0.2, 0) is 6.54 Å². The van der Waals surface area contributed by atoms with Gasteiger partial charge in [-0.25, -0.2) is 9.07 Å². The van der Waals surface area contributed by atoms with Crippen LogP contribution in [0.15, 0.2) is 54.7 Å². The van der Waals surface area contributed by atoms with E-state index in [2.05, 4.69) is 27.4 Å². The molecular formula is C25H28ClFN4O. The number of carbonyl (C=O) groups is 1. The van der Waals surface area contributed by atoms with Crippen molar-refractivity contribution in [2.24, 2.45) is 0 Å². The van der Waals surface area contributed by atoms with Gasteiger partial charge in [-0.3, -0.25) is 9.69 Å². The molecule has 5 nitrogen and oxygen atoms in total. The van der Waals surface area contributed by atoms with E-state index in [1.165, 1.54) is 17.7 Å². The van der Waals surface area contributed by atoms with E-state index >= 15 is 0 Å². The summed E-state index contributed by atoms with van der Waals surface area (Å²) in [6, 6.07) is 14.2. The smallest absolute Gasteiger partial charge is 0.255 e. The van der Waals surface area contributed by atoms with Gasteiger partial charge in [-0.2, -0.15) is 5.10 Å². The Labute approximate surface area is 193 Å². The van der Waals surface area contributed by atoms with Gasteiger partial charge in [0, 0.05) is 30.7 Å². The van der Waals surface area contributed by atoms with Gasteiger partial charge in [-0.1, -0.05) is 37.6 Å². The molecule has 0 bridgehead atoms. The molecule has 0 saturated carbocycles. The number of nitrogens with zero attached hydrogens (tertiary/aromatic N) is 3. The van der Waals surface area contributed by atoms with Crippen LogP contribution in [0, 0.1) is 5.82 Å². The van der Waals surface area contributed by atoms with Crippen molar-refractivity contribution in [3.8, 4) is 5.69 Å². The van der Waals surface area contributed by atoms with Gasteiger partial charge in [-0.15, -0.1) is 0 Å². The molecule has 1 aliphatic heterocycles. The zero-order valence-electron chi connectivity index (χ0n) is 18.4. The molecule has 2 aromatic carbocycles. The summed E-state index contributed by atoms with van der Waals surface area (Å²) in [5.74, 6) is -0.310. The molecule has 0 unspecified atom stereocenters. The van der Waals surface area contributed by atoms with Crippen LogP contribution in [0.4, 0.5) is 4.39 Å². The Morgan fingerprint density at radius 1 is 1.12 bits per heavy atom. The predicted molar refractivity (Wildman–Crippen MR) is 125 cm³/mol. The minimum absolute atomic E-state index is 0.0875. The molecule has 1 aromatic heterocycles. The van der Waals surface area contributed by atoms with Crippen LogP contribution in [0.5, 0.6) is 0 Å². The lowest BCUT2D eigenvalue weighted by Crippen LogP contribution is -2.44. The highest BCUT2D eigenvalue weighted by Crippen LogP contribution is 2.24. The average molecular weight is 455 g/mol. The Morgan fingerprint density at radius 2 is 1.78 bits per heavy atom. The molecule has 4 rings (SSSR count). The molecule has 1 saturated heterocycles. The first kappa shape index (κ1) is 22.5. The van der Waals surface area contributed by atoms with Gasteiger partial charge in [0.25, 0.3) is 5.91 Å². The highest BCUT2D eigenvalue weighted by atomic mass is 35.5. The molecule has 2 heterocycles. The molecule has 0 atom stereocenters. The number of nitrogens with one attached hydrogen (secondary N) is 1. The Balaban J connectivity index is 1.39. The van der Waals surface area contributed by atoms with Crippen LogP contribution in [0.2, 0.25) is 5.02 Å². The summed E-state index contributed by atoms with van der Waals surface area (Å²) in [6.07, 6.45) is 3.43. The molecule has 0 spiro atoms. The number of likely N-dealkylation sites (tertiary alicyclic amines) is 1. The summed E-state index contributed by atoms with van der Waals surface area (Å²) in [5, 5.41) is 8.38. The Kier molecular flexibility index (Phi) is 6.92. The number of piperidine rings is 1. The quantitative estimate of drug-likeness (QED) is 0.558. The van der Waals surface area contributed by atoms with E-state index in [9.17, 15) is 9.18 Å². The molecule has 1 N–H and O–H groups in total. The molecular weight excluding hydrogens is 427 g/mol. The van der Waals surface area contributed by atoms with Crippen molar-refractivity contribution in [1.82, 2.24) is 20.0 Å². The SMILES string of the molecule is CC(C)c1c(C(=O)NC2CCN(Cc3ccc(Cl)cc3)CC2)cnn1-c1ccc(F)cc1. The molecule has 1 amide bonds. The van der Waals surface area contributed by atoms with Crippen molar-refractivity contribution in [2.45, 2.75) is 45.2 Å². The van der Waals surface area contributed by atoms with Crippen molar-refractivity contribution in [2.75, 3.05) is 13.1 Å². The van der Waals surface area contributed by atoms with Crippen LogP contribution in [0.1, 0.15) is 54.2 Å². The topological polar surface area (TPSA) is 50.2 Å². The summed E-state index contributed by atoms with van der Waals surface area (Å²) >= 11 is 5.97. The summed E-state index contributed by atoms with van der Waals surface area (Å²) < 4.78 is 15.0.